The number of benzene rings is 1. The summed E-state index contributed by atoms with van der Waals surface area (Å²) in [5.74, 6) is 0.178. The highest BCUT2D eigenvalue weighted by atomic mass is 35.5. The van der Waals surface area contributed by atoms with Crippen LogP contribution in [0.5, 0.6) is 5.75 Å². The van der Waals surface area contributed by atoms with Gasteiger partial charge >= 0.3 is 0 Å². The lowest BCUT2D eigenvalue weighted by molar-refractivity contribution is -0.124. The van der Waals surface area contributed by atoms with Gasteiger partial charge in [-0.3, -0.25) is 9.59 Å². The van der Waals surface area contributed by atoms with Gasteiger partial charge in [-0.25, -0.2) is 4.90 Å². The number of carbonyl (C=O) groups is 2. The number of ether oxygens (including phenoxy) is 1. The summed E-state index contributed by atoms with van der Waals surface area (Å²) < 4.78 is 5.31. The molecule has 4 nitrogen and oxygen atoms in total. The molecule has 0 N–H and O–H groups in total. The van der Waals surface area contributed by atoms with E-state index in [2.05, 4.69) is 12.2 Å². The number of nitrogens with zero attached hydrogens (tertiary/aromatic N) is 1. The fourth-order valence-corrected chi connectivity index (χ4v) is 4.32. The highest BCUT2D eigenvalue weighted by molar-refractivity contribution is 6.31. The first-order chi connectivity index (χ1) is 10.6. The van der Waals surface area contributed by atoms with Crippen LogP contribution in [0, 0.1) is 23.7 Å². The van der Waals surface area contributed by atoms with Gasteiger partial charge in [0.2, 0.25) is 11.8 Å². The van der Waals surface area contributed by atoms with Crippen LogP contribution in [0.2, 0.25) is 5.02 Å². The first kappa shape index (κ1) is 13.8. The molecule has 4 aliphatic rings. The van der Waals surface area contributed by atoms with E-state index >= 15 is 0 Å². The Labute approximate surface area is 133 Å². The first-order valence-corrected chi connectivity index (χ1v) is 7.89. The van der Waals surface area contributed by atoms with Crippen molar-refractivity contribution < 1.29 is 14.3 Å². The Morgan fingerprint density at radius 2 is 1.68 bits per heavy atom. The lowest BCUT2D eigenvalue weighted by Crippen LogP contribution is -2.38. The Balaban J connectivity index is 1.80. The number of amides is 2. The van der Waals surface area contributed by atoms with Crippen molar-refractivity contribution >= 4 is 29.1 Å². The smallest absolute Gasteiger partial charge is 0.238 e. The normalized spacial score (nSPS) is 32.5. The van der Waals surface area contributed by atoms with Gasteiger partial charge in [0.1, 0.15) is 5.75 Å². The fraction of sp³-hybridized carbons (Fsp3) is 0.412. The predicted molar refractivity (Wildman–Crippen MR) is 82.8 cm³/mol. The summed E-state index contributed by atoms with van der Waals surface area (Å²) in [6.45, 7) is 0. The van der Waals surface area contributed by atoms with Crippen molar-refractivity contribution in [2.24, 2.45) is 23.7 Å². The van der Waals surface area contributed by atoms with Gasteiger partial charge in [0.25, 0.3) is 0 Å². The number of carbonyl (C=O) groups excluding carboxylic acids is 2. The SMILES string of the molecule is COc1ccc(Cl)cc1N1C(=O)[C@H]2[C@H](C1=O)[C@@H]1C=C[C@@H]2CC1. The molecule has 1 saturated heterocycles. The average Bonchev–Trinajstić information content (AvgIpc) is 2.82. The molecule has 22 heavy (non-hydrogen) atoms. The van der Waals surface area contributed by atoms with Crippen molar-refractivity contribution in [2.75, 3.05) is 12.0 Å². The van der Waals surface area contributed by atoms with E-state index in [-0.39, 0.29) is 35.5 Å². The molecule has 0 unspecified atom stereocenters. The molecule has 3 aliphatic carbocycles. The van der Waals surface area contributed by atoms with Gasteiger partial charge in [-0.2, -0.15) is 0 Å². The molecule has 5 rings (SSSR count). The van der Waals surface area contributed by atoms with Crippen LogP contribution in [0.4, 0.5) is 5.69 Å². The Morgan fingerprint density at radius 3 is 2.18 bits per heavy atom. The first-order valence-electron chi connectivity index (χ1n) is 7.51. The van der Waals surface area contributed by atoms with Crippen molar-refractivity contribution in [1.82, 2.24) is 0 Å². The number of anilines is 1. The molecule has 4 atom stereocenters. The molecule has 1 heterocycles. The molecule has 0 radical (unpaired) electrons. The van der Waals surface area contributed by atoms with Gasteiger partial charge in [0.05, 0.1) is 24.6 Å². The second-order valence-corrected chi connectivity index (χ2v) is 6.61. The number of halogens is 1. The maximum atomic E-state index is 12.9. The van der Waals surface area contributed by atoms with E-state index in [4.69, 9.17) is 16.3 Å². The molecule has 1 aliphatic heterocycles. The summed E-state index contributed by atoms with van der Waals surface area (Å²) in [6.07, 6.45) is 6.20. The van der Waals surface area contributed by atoms with Crippen LogP contribution in [0.15, 0.2) is 30.4 Å². The molecule has 1 saturated carbocycles. The maximum Gasteiger partial charge on any atom is 0.238 e. The highest BCUT2D eigenvalue weighted by Crippen LogP contribution is 2.51. The number of methoxy groups -OCH3 is 1. The lowest BCUT2D eigenvalue weighted by atomic mass is 9.63. The lowest BCUT2D eigenvalue weighted by Gasteiger charge is -2.38. The summed E-state index contributed by atoms with van der Waals surface area (Å²) in [5.41, 5.74) is 0.457. The van der Waals surface area contributed by atoms with E-state index in [0.29, 0.717) is 16.5 Å². The average molecular weight is 318 g/mol. The monoisotopic (exact) mass is 317 g/mol. The zero-order valence-electron chi connectivity index (χ0n) is 12.2. The number of hydrogen-bond donors (Lipinski definition) is 0. The van der Waals surface area contributed by atoms with E-state index in [1.807, 2.05) is 0 Å². The van der Waals surface area contributed by atoms with Gasteiger partial charge in [0.15, 0.2) is 0 Å². The molecule has 1 aromatic carbocycles. The van der Waals surface area contributed by atoms with Gasteiger partial charge in [-0.1, -0.05) is 23.8 Å². The second-order valence-electron chi connectivity index (χ2n) is 6.17. The van der Waals surface area contributed by atoms with E-state index in [1.54, 1.807) is 18.2 Å². The van der Waals surface area contributed by atoms with Crippen molar-refractivity contribution in [3.05, 3.63) is 35.4 Å². The van der Waals surface area contributed by atoms with Crippen LogP contribution in [-0.2, 0) is 9.59 Å². The van der Waals surface area contributed by atoms with Gasteiger partial charge < -0.3 is 4.74 Å². The van der Waals surface area contributed by atoms with E-state index in [1.165, 1.54) is 12.0 Å². The van der Waals surface area contributed by atoms with Crippen LogP contribution in [0.25, 0.3) is 0 Å². The highest BCUT2D eigenvalue weighted by Gasteiger charge is 2.57. The summed E-state index contributed by atoms with van der Waals surface area (Å²) in [6, 6.07) is 5.00. The van der Waals surface area contributed by atoms with Crippen LogP contribution in [0.3, 0.4) is 0 Å². The van der Waals surface area contributed by atoms with Crippen molar-refractivity contribution in [3.8, 4) is 5.75 Å². The molecule has 5 heteroatoms. The van der Waals surface area contributed by atoms with E-state index < -0.39 is 0 Å². The van der Waals surface area contributed by atoms with Gasteiger partial charge in [0, 0.05) is 5.02 Å². The molecular formula is C17H16ClNO3. The molecular weight excluding hydrogens is 302 g/mol. The summed E-state index contributed by atoms with van der Waals surface area (Å²) >= 11 is 6.05. The van der Waals surface area contributed by atoms with E-state index in [9.17, 15) is 9.59 Å². The maximum absolute atomic E-state index is 12.9. The number of allylic oxidation sites excluding steroid dienone is 2. The zero-order chi connectivity index (χ0) is 15.4. The molecule has 1 aromatic rings. The Morgan fingerprint density at radius 1 is 1.09 bits per heavy atom. The minimum absolute atomic E-state index is 0.116. The molecule has 0 aromatic heterocycles. The zero-order valence-corrected chi connectivity index (χ0v) is 12.9. The molecule has 2 fully saturated rings. The predicted octanol–water partition coefficient (Wildman–Crippen LogP) is 3.05. The summed E-state index contributed by atoms with van der Waals surface area (Å²) in [5, 5.41) is 0.479. The number of rotatable bonds is 2. The Kier molecular flexibility index (Phi) is 3.05. The number of hydrogen-bond acceptors (Lipinski definition) is 3. The summed E-state index contributed by atoms with van der Waals surface area (Å²) in [4.78, 5) is 27.1. The fourth-order valence-electron chi connectivity index (χ4n) is 4.15. The van der Waals surface area contributed by atoms with Crippen LogP contribution in [-0.4, -0.2) is 18.9 Å². The van der Waals surface area contributed by atoms with Gasteiger partial charge in [-0.15, -0.1) is 0 Å². The van der Waals surface area contributed by atoms with Crippen LogP contribution >= 0.6 is 11.6 Å². The molecule has 114 valence electrons. The Bertz CT molecular complexity index is 667. The minimum atomic E-state index is -0.222. The molecule has 2 amide bonds. The molecule has 0 spiro atoms. The third kappa shape index (κ3) is 1.76. The van der Waals surface area contributed by atoms with Crippen molar-refractivity contribution in [1.29, 1.82) is 0 Å². The van der Waals surface area contributed by atoms with E-state index in [0.717, 1.165) is 12.8 Å². The number of imide groups is 1. The van der Waals surface area contributed by atoms with Gasteiger partial charge in [-0.05, 0) is 42.9 Å². The molecule has 2 bridgehead atoms. The largest absolute Gasteiger partial charge is 0.495 e. The quantitative estimate of drug-likeness (QED) is 0.622. The third-order valence-corrected chi connectivity index (χ3v) is 5.38. The van der Waals surface area contributed by atoms with Crippen molar-refractivity contribution in [3.63, 3.8) is 0 Å². The topological polar surface area (TPSA) is 46.6 Å². The summed E-state index contributed by atoms with van der Waals surface area (Å²) in [7, 11) is 1.52. The van der Waals surface area contributed by atoms with Crippen LogP contribution < -0.4 is 9.64 Å². The third-order valence-electron chi connectivity index (χ3n) is 5.14. The number of fused-ring (bicyclic) bond motifs is 1. The standard InChI is InChI=1S/C17H16ClNO3/c1-22-13-7-6-11(18)8-12(13)19-16(20)14-9-2-3-10(5-4-9)15(14)17(19)21/h2-3,6-10,14-15H,4-5H2,1H3/t9-,10-,14-,15-/m1/s1. The second kappa shape index (κ2) is 4.85. The minimum Gasteiger partial charge on any atom is -0.495 e. The van der Waals surface area contributed by atoms with Crippen LogP contribution in [0.1, 0.15) is 12.8 Å². The van der Waals surface area contributed by atoms with Crippen molar-refractivity contribution in [2.45, 2.75) is 12.8 Å². The Hall–Kier alpha value is -1.81.